The Labute approximate surface area is 155 Å². The monoisotopic (exact) mass is 442 g/mol. The van der Waals surface area contributed by atoms with Crippen molar-refractivity contribution >= 4 is 49.3 Å². The fourth-order valence-electron chi connectivity index (χ4n) is 2.16. The van der Waals surface area contributed by atoms with E-state index in [1.165, 1.54) is 38.1 Å². The number of halogens is 2. The van der Waals surface area contributed by atoms with Crippen LogP contribution in [0, 0.1) is 13.8 Å². The maximum Gasteiger partial charge on any atom is 0.261 e. The second-order valence-electron chi connectivity index (χ2n) is 5.23. The topological polar surface area (TPSA) is 102 Å². The molecule has 11 heteroatoms. The summed E-state index contributed by atoms with van der Waals surface area (Å²) in [5.41, 5.74) is 0.559. The van der Waals surface area contributed by atoms with Gasteiger partial charge >= 0.3 is 0 Å². The van der Waals surface area contributed by atoms with E-state index in [9.17, 15) is 25.3 Å². The van der Waals surface area contributed by atoms with Gasteiger partial charge < -0.3 is 0 Å². The van der Waals surface area contributed by atoms with Crippen molar-refractivity contribution in [1.29, 1.82) is 0 Å². The molecule has 0 aliphatic carbocycles. The van der Waals surface area contributed by atoms with Crippen LogP contribution in [0.25, 0.3) is 0 Å². The third-order valence-electron chi connectivity index (χ3n) is 3.47. The highest BCUT2D eigenvalue weighted by atomic mass is 35.7. The molecule has 6 nitrogen and oxygen atoms in total. The Morgan fingerprint density at radius 1 is 0.640 bits per heavy atom. The van der Waals surface area contributed by atoms with Crippen LogP contribution in [0.5, 0.6) is 0 Å². The minimum Gasteiger partial charge on any atom is -0.219 e. The Hall–Kier alpha value is -1.13. The largest absolute Gasteiger partial charge is 0.261 e. The van der Waals surface area contributed by atoms with Crippen molar-refractivity contribution < 1.29 is 25.3 Å². The van der Waals surface area contributed by atoms with Crippen molar-refractivity contribution in [3.8, 4) is 0 Å². The normalized spacial score (nSPS) is 13.0. The Morgan fingerprint density at radius 3 is 1.24 bits per heavy atom. The summed E-state index contributed by atoms with van der Waals surface area (Å²) in [7, 11) is -1.84. The molecule has 0 unspecified atom stereocenters. The molecule has 0 bridgehead atoms. The molecule has 2 aromatic carbocycles. The van der Waals surface area contributed by atoms with Crippen molar-refractivity contribution in [2.75, 3.05) is 0 Å². The van der Waals surface area contributed by atoms with Gasteiger partial charge in [0.1, 0.15) is 0 Å². The maximum absolute atomic E-state index is 12.7. The SMILES string of the molecule is Cc1ccc(S(=O)(=O)c2ccc(C)c(S(=O)(=O)Cl)c2)cc1S(=O)(=O)Cl. The smallest absolute Gasteiger partial charge is 0.219 e. The Kier molecular flexibility index (Phi) is 5.29. The molecule has 136 valence electrons. The van der Waals surface area contributed by atoms with Crippen LogP contribution in [0.3, 0.4) is 0 Å². The number of hydrogen-bond acceptors (Lipinski definition) is 6. The Morgan fingerprint density at radius 2 is 0.960 bits per heavy atom. The van der Waals surface area contributed by atoms with Crippen molar-refractivity contribution in [3.05, 3.63) is 47.5 Å². The third-order valence-corrected chi connectivity index (χ3v) is 8.14. The standard InChI is InChI=1S/C14H12Cl2O6S3/c1-9-3-5-11(7-13(9)24(15,19)20)23(17,18)12-6-4-10(2)14(8-12)25(16,21)22/h3-8H,1-2H3. The molecule has 0 aromatic heterocycles. The highest BCUT2D eigenvalue weighted by molar-refractivity contribution is 8.14. The first kappa shape index (κ1) is 20.2. The van der Waals surface area contributed by atoms with Gasteiger partial charge in [-0.1, -0.05) is 12.1 Å². The molecule has 0 spiro atoms. The summed E-state index contributed by atoms with van der Waals surface area (Å²) >= 11 is 0. The molecule has 0 aliphatic rings. The first-order valence-corrected chi connectivity index (χ1v) is 12.7. The minimum atomic E-state index is -4.18. The zero-order valence-electron chi connectivity index (χ0n) is 12.9. The zero-order valence-corrected chi connectivity index (χ0v) is 16.9. The summed E-state index contributed by atoms with van der Waals surface area (Å²) in [5, 5.41) is 0. The van der Waals surface area contributed by atoms with Crippen LogP contribution in [-0.2, 0) is 27.9 Å². The lowest BCUT2D eigenvalue weighted by Crippen LogP contribution is -2.06. The van der Waals surface area contributed by atoms with Crippen molar-refractivity contribution in [2.24, 2.45) is 0 Å². The molecule has 0 aliphatic heterocycles. The van der Waals surface area contributed by atoms with E-state index in [0.717, 1.165) is 12.1 Å². The zero-order chi connectivity index (χ0) is 19.2. The second-order valence-corrected chi connectivity index (χ2v) is 12.3. The molecular formula is C14H12Cl2O6S3. The summed E-state index contributed by atoms with van der Waals surface area (Å²) in [6, 6.07) is 6.89. The predicted molar refractivity (Wildman–Crippen MR) is 93.9 cm³/mol. The van der Waals surface area contributed by atoms with Gasteiger partial charge in [-0.2, -0.15) is 0 Å². The lowest BCUT2D eigenvalue weighted by Gasteiger charge is -2.10. The van der Waals surface area contributed by atoms with E-state index in [2.05, 4.69) is 0 Å². The highest BCUT2D eigenvalue weighted by Gasteiger charge is 2.24. The molecule has 0 heterocycles. The number of hydrogen-bond donors (Lipinski definition) is 0. The van der Waals surface area contributed by atoms with E-state index < -0.39 is 27.9 Å². The lowest BCUT2D eigenvalue weighted by molar-refractivity contribution is 0.595. The van der Waals surface area contributed by atoms with Gasteiger partial charge in [-0.25, -0.2) is 25.3 Å². The number of rotatable bonds is 4. The van der Waals surface area contributed by atoms with Gasteiger partial charge in [0.25, 0.3) is 18.1 Å². The predicted octanol–water partition coefficient (Wildman–Crippen LogP) is 2.99. The van der Waals surface area contributed by atoms with Crippen LogP contribution in [0.4, 0.5) is 0 Å². The lowest BCUT2D eigenvalue weighted by atomic mass is 10.2. The Balaban J connectivity index is 2.73. The molecule has 25 heavy (non-hydrogen) atoms. The van der Waals surface area contributed by atoms with Crippen LogP contribution in [0.15, 0.2) is 56.0 Å². The first-order chi connectivity index (χ1) is 11.2. The first-order valence-electron chi connectivity index (χ1n) is 6.60. The molecule has 0 saturated carbocycles. The van der Waals surface area contributed by atoms with E-state index in [4.69, 9.17) is 21.4 Å². The van der Waals surface area contributed by atoms with Gasteiger partial charge in [0, 0.05) is 21.4 Å². The van der Waals surface area contributed by atoms with Crippen LogP contribution >= 0.6 is 21.4 Å². The van der Waals surface area contributed by atoms with E-state index >= 15 is 0 Å². The van der Waals surface area contributed by atoms with Crippen LogP contribution in [0.2, 0.25) is 0 Å². The van der Waals surface area contributed by atoms with Crippen molar-refractivity contribution in [1.82, 2.24) is 0 Å². The quantitative estimate of drug-likeness (QED) is 0.674. The summed E-state index contributed by atoms with van der Waals surface area (Å²) < 4.78 is 71.8. The fraction of sp³-hybridized carbons (Fsp3) is 0.143. The molecule has 0 saturated heterocycles. The average Bonchev–Trinajstić information content (AvgIpc) is 2.45. The summed E-state index contributed by atoms with van der Waals surface area (Å²) in [6.45, 7) is 2.94. The number of aryl methyl sites for hydroxylation is 2. The van der Waals surface area contributed by atoms with Gasteiger partial charge in [-0.3, -0.25) is 0 Å². The molecule has 0 amide bonds. The van der Waals surface area contributed by atoms with E-state index in [0.29, 0.717) is 0 Å². The van der Waals surface area contributed by atoms with E-state index in [1.807, 2.05) is 0 Å². The minimum absolute atomic E-state index is 0.280. The number of benzene rings is 2. The van der Waals surface area contributed by atoms with Gasteiger partial charge in [-0.15, -0.1) is 0 Å². The van der Waals surface area contributed by atoms with Gasteiger partial charge in [0.15, 0.2) is 0 Å². The van der Waals surface area contributed by atoms with Gasteiger partial charge in [0.05, 0.1) is 19.6 Å². The van der Waals surface area contributed by atoms with Crippen molar-refractivity contribution in [2.45, 2.75) is 33.4 Å². The third kappa shape index (κ3) is 4.17. The highest BCUT2D eigenvalue weighted by Crippen LogP contribution is 2.30. The molecule has 0 N–H and O–H groups in total. The molecule has 0 radical (unpaired) electrons. The Bertz CT molecular complexity index is 1080. The second kappa shape index (κ2) is 6.55. The summed E-state index contributed by atoms with van der Waals surface area (Å²) in [4.78, 5) is -1.35. The maximum atomic E-state index is 12.7. The van der Waals surface area contributed by atoms with E-state index in [1.54, 1.807) is 0 Å². The van der Waals surface area contributed by atoms with Crippen molar-refractivity contribution in [3.63, 3.8) is 0 Å². The van der Waals surface area contributed by atoms with Crippen LogP contribution in [-0.4, -0.2) is 25.3 Å². The molecular weight excluding hydrogens is 431 g/mol. The van der Waals surface area contributed by atoms with E-state index in [-0.39, 0.29) is 30.7 Å². The summed E-state index contributed by atoms with van der Waals surface area (Å²) in [6.07, 6.45) is 0. The average molecular weight is 443 g/mol. The number of sulfone groups is 1. The fourth-order valence-corrected chi connectivity index (χ4v) is 6.06. The van der Waals surface area contributed by atoms with Crippen LogP contribution in [0.1, 0.15) is 11.1 Å². The molecule has 2 aromatic rings. The molecule has 0 fully saturated rings. The van der Waals surface area contributed by atoms with Gasteiger partial charge in [-0.05, 0) is 49.2 Å². The molecule has 2 rings (SSSR count). The van der Waals surface area contributed by atoms with Crippen LogP contribution < -0.4 is 0 Å². The summed E-state index contributed by atoms with van der Waals surface area (Å²) in [5.74, 6) is 0. The van der Waals surface area contributed by atoms with Gasteiger partial charge in [0.2, 0.25) is 9.84 Å². The molecule has 0 atom stereocenters.